The highest BCUT2D eigenvalue weighted by molar-refractivity contribution is 7.44. The Bertz CT molecular complexity index is 1390. The van der Waals surface area contributed by atoms with E-state index in [1.165, 1.54) is 10.8 Å². The number of hydrogen-bond acceptors (Lipinski definition) is 11. The van der Waals surface area contributed by atoms with Gasteiger partial charge in [-0.3, -0.25) is 14.3 Å². The lowest BCUT2D eigenvalue weighted by molar-refractivity contribution is -0.231. The lowest BCUT2D eigenvalue weighted by Crippen LogP contribution is -2.58. The normalized spacial score (nSPS) is 35.5. The van der Waals surface area contributed by atoms with Crippen LogP contribution in [-0.2, 0) is 32.4 Å². The van der Waals surface area contributed by atoms with Gasteiger partial charge < -0.3 is 32.4 Å². The number of fused-ring (bicyclic) bond motifs is 3. The summed E-state index contributed by atoms with van der Waals surface area (Å²) in [5.41, 5.74) is -1.66. The van der Waals surface area contributed by atoms with Gasteiger partial charge in [0.05, 0.1) is 25.2 Å². The van der Waals surface area contributed by atoms with E-state index in [4.69, 9.17) is 32.4 Å². The summed E-state index contributed by atoms with van der Waals surface area (Å²) < 4.78 is 48.8. The molecule has 4 fully saturated rings. The smallest absolute Gasteiger partial charge is 0.330 e. The second-order valence-electron chi connectivity index (χ2n) is 14.4. The Morgan fingerprint density at radius 3 is 2.57 bits per heavy atom. The van der Waals surface area contributed by atoms with Gasteiger partial charge in [0.25, 0.3) is 14.1 Å². The van der Waals surface area contributed by atoms with Crippen LogP contribution in [-0.4, -0.2) is 83.8 Å². The molecule has 4 aliphatic heterocycles. The molecule has 1 unspecified atom stereocenters. The highest BCUT2D eigenvalue weighted by Crippen LogP contribution is 2.61. The third kappa shape index (κ3) is 6.26. The molecule has 44 heavy (non-hydrogen) atoms. The highest BCUT2D eigenvalue weighted by Gasteiger charge is 2.68. The number of nitrogens with zero attached hydrogens (tertiary/aromatic N) is 3. The van der Waals surface area contributed by atoms with Crippen molar-refractivity contribution in [2.75, 3.05) is 13.2 Å². The van der Waals surface area contributed by atoms with Gasteiger partial charge in [-0.1, -0.05) is 20.8 Å². The Hall–Kier alpha value is -1.50. The largest absolute Gasteiger partial charge is 0.414 e. The van der Waals surface area contributed by atoms with E-state index in [0.717, 1.165) is 0 Å². The van der Waals surface area contributed by atoms with Crippen molar-refractivity contribution >= 4 is 16.8 Å². The van der Waals surface area contributed by atoms with Crippen LogP contribution in [0.5, 0.6) is 0 Å². The maximum absolute atomic E-state index is 12.8. The maximum Gasteiger partial charge on any atom is 0.330 e. The van der Waals surface area contributed by atoms with E-state index in [0.29, 0.717) is 18.5 Å². The fraction of sp³-hybridized carbons (Fsp3) is 0.828. The average Bonchev–Trinajstić information content (AvgIpc) is 3.52. The van der Waals surface area contributed by atoms with Gasteiger partial charge in [-0.05, 0) is 52.8 Å². The maximum atomic E-state index is 12.8. The molecule has 0 bridgehead atoms. The van der Waals surface area contributed by atoms with Gasteiger partial charge in [0.2, 0.25) is 0 Å². The zero-order valence-corrected chi connectivity index (χ0v) is 29.3. The number of aryl methyl sites for hydroxylation is 1. The molecule has 0 aromatic carbocycles. The molecular weight excluding hydrogens is 607 g/mol. The van der Waals surface area contributed by atoms with E-state index in [-0.39, 0.29) is 24.1 Å². The van der Waals surface area contributed by atoms with Crippen LogP contribution in [0.3, 0.4) is 0 Å². The summed E-state index contributed by atoms with van der Waals surface area (Å²) in [6.07, 6.45) is -1.54. The molecule has 4 aliphatic rings. The summed E-state index contributed by atoms with van der Waals surface area (Å²) in [7, 11) is -3.88. The van der Waals surface area contributed by atoms with Gasteiger partial charge in [0.15, 0.2) is 20.4 Å². The van der Waals surface area contributed by atoms with E-state index in [1.54, 1.807) is 6.92 Å². The first-order valence-corrected chi connectivity index (χ1v) is 19.3. The molecule has 15 heteroatoms. The number of aromatic nitrogens is 2. The van der Waals surface area contributed by atoms with Crippen molar-refractivity contribution in [2.24, 2.45) is 0 Å². The van der Waals surface area contributed by atoms with Gasteiger partial charge >= 0.3 is 5.69 Å². The number of nitrogens with one attached hydrogen (secondary N) is 1. The molecule has 246 valence electrons. The minimum absolute atomic E-state index is 0.0197. The summed E-state index contributed by atoms with van der Waals surface area (Å²) in [4.78, 5) is 27.3. The Balaban J connectivity index is 1.45. The molecule has 0 amide bonds. The fourth-order valence-electron chi connectivity index (χ4n) is 5.77. The summed E-state index contributed by atoms with van der Waals surface area (Å²) in [5, 5.41) is 9.90. The molecule has 0 spiro atoms. The van der Waals surface area contributed by atoms with Crippen LogP contribution >= 0.6 is 8.53 Å². The van der Waals surface area contributed by atoms with Crippen LogP contribution in [0.1, 0.15) is 73.1 Å². The second kappa shape index (κ2) is 11.9. The first-order chi connectivity index (χ1) is 20.4. The summed E-state index contributed by atoms with van der Waals surface area (Å²) >= 11 is 0. The molecule has 5 heterocycles. The molecule has 1 aromatic heterocycles. The van der Waals surface area contributed by atoms with Gasteiger partial charge in [-0.25, -0.2) is 9.46 Å². The monoisotopic (exact) mass is 654 g/mol. The SMILES string of the molecule is Cc1cn([C@H]2C[C@H](OP3O[C@@]4(CC#N)[C@@H](CN3C(C)C)O[C@@H]3OC(C)(C)O[C@@H]34)[C@@H](CO[Si](C)(C)C(C)(C)C)O2)c(=O)[nH]c1=O. The van der Waals surface area contributed by atoms with Crippen LogP contribution in [0.15, 0.2) is 15.8 Å². The summed E-state index contributed by atoms with van der Waals surface area (Å²) in [6.45, 7) is 21.0. The number of hydrogen-bond donors (Lipinski definition) is 1. The summed E-state index contributed by atoms with van der Waals surface area (Å²) in [5.74, 6) is -0.883. The number of ether oxygens (including phenoxy) is 4. The number of H-pyrrole nitrogens is 1. The third-order valence-corrected chi connectivity index (χ3v) is 15.9. The Kier molecular flexibility index (Phi) is 9.19. The van der Waals surface area contributed by atoms with Crippen molar-refractivity contribution in [1.82, 2.24) is 14.2 Å². The van der Waals surface area contributed by atoms with Crippen molar-refractivity contribution in [1.29, 1.82) is 5.26 Å². The topological polar surface area (TPSA) is 146 Å². The first-order valence-electron chi connectivity index (χ1n) is 15.3. The first kappa shape index (κ1) is 33.8. The van der Waals surface area contributed by atoms with Crippen LogP contribution in [0.4, 0.5) is 0 Å². The Labute approximate surface area is 261 Å². The molecule has 0 aliphatic carbocycles. The number of nitriles is 1. The zero-order valence-electron chi connectivity index (χ0n) is 27.4. The van der Waals surface area contributed by atoms with E-state index in [9.17, 15) is 14.9 Å². The third-order valence-electron chi connectivity index (χ3n) is 9.42. The average molecular weight is 655 g/mol. The Morgan fingerprint density at radius 1 is 1.23 bits per heavy atom. The van der Waals surface area contributed by atoms with Crippen LogP contribution in [0.25, 0.3) is 0 Å². The van der Waals surface area contributed by atoms with Gasteiger partial charge in [-0.15, -0.1) is 0 Å². The van der Waals surface area contributed by atoms with Crippen molar-refractivity contribution in [3.05, 3.63) is 32.6 Å². The highest BCUT2D eigenvalue weighted by atomic mass is 31.2. The predicted octanol–water partition coefficient (Wildman–Crippen LogP) is 4.04. The fourth-order valence-corrected chi connectivity index (χ4v) is 8.74. The summed E-state index contributed by atoms with van der Waals surface area (Å²) in [6, 6.07) is 2.33. The van der Waals surface area contributed by atoms with Crippen molar-refractivity contribution < 1.29 is 32.4 Å². The number of rotatable bonds is 8. The molecule has 0 radical (unpaired) electrons. The van der Waals surface area contributed by atoms with Crippen molar-refractivity contribution in [3.63, 3.8) is 0 Å². The zero-order chi connectivity index (χ0) is 32.4. The van der Waals surface area contributed by atoms with Gasteiger partial charge in [0.1, 0.15) is 30.1 Å². The molecular formula is C29H47N4O9PSi. The van der Waals surface area contributed by atoms with Gasteiger partial charge in [0, 0.05) is 30.8 Å². The van der Waals surface area contributed by atoms with Crippen molar-refractivity contribution in [3.8, 4) is 6.07 Å². The standard InChI is InChI=1S/C29H47N4O9PSi/c1-17(2)33-15-21-29(11-12-30,23-25(38-21)40-28(7,8)39-23)42-43(33)41-19-13-22(32-14-18(3)24(34)31-26(32)35)37-20(19)16-36-44(9,10)27(4,5)6/h14,17,19-23,25H,11,13,15-16H2,1-10H3,(H,31,34,35)/t19-,20+,21+,22+,23-,25+,29-,43?/m0/s1. The molecule has 4 saturated heterocycles. The minimum atomic E-state index is -2.15. The quantitative estimate of drug-likeness (QED) is 0.320. The van der Waals surface area contributed by atoms with E-state index < -0.39 is 76.4 Å². The van der Waals surface area contributed by atoms with E-state index in [1.807, 2.05) is 13.8 Å². The van der Waals surface area contributed by atoms with Gasteiger partial charge in [-0.2, -0.15) is 5.26 Å². The van der Waals surface area contributed by atoms with Crippen LogP contribution in [0.2, 0.25) is 18.1 Å². The van der Waals surface area contributed by atoms with Crippen molar-refractivity contribution in [2.45, 2.75) is 141 Å². The Morgan fingerprint density at radius 2 is 1.93 bits per heavy atom. The lowest BCUT2D eigenvalue weighted by atomic mass is 9.89. The van der Waals surface area contributed by atoms with Crippen LogP contribution < -0.4 is 11.2 Å². The number of aromatic amines is 1. The lowest BCUT2D eigenvalue weighted by Gasteiger charge is -2.48. The molecule has 0 saturated carbocycles. The second-order valence-corrected chi connectivity index (χ2v) is 20.6. The molecule has 8 atom stereocenters. The van der Waals surface area contributed by atoms with E-state index in [2.05, 4.69) is 63.4 Å². The predicted molar refractivity (Wildman–Crippen MR) is 164 cm³/mol. The molecule has 1 aromatic rings. The molecule has 13 nitrogen and oxygen atoms in total. The van der Waals surface area contributed by atoms with Crippen LogP contribution in [0, 0.1) is 18.3 Å². The molecule has 1 N–H and O–H groups in total. The minimum Gasteiger partial charge on any atom is -0.414 e. The molecule has 5 rings (SSSR count). The van der Waals surface area contributed by atoms with E-state index >= 15 is 0 Å².